The van der Waals surface area contributed by atoms with Gasteiger partial charge in [-0.2, -0.15) is 11.8 Å². The SMILES string of the molecule is C#CCNC(=O)c1ccccc1NC(=O)c1ccc(CSC)cc1. The lowest BCUT2D eigenvalue weighted by Gasteiger charge is -2.11. The summed E-state index contributed by atoms with van der Waals surface area (Å²) in [6.45, 7) is 0.137. The number of terminal acetylenes is 1. The summed E-state index contributed by atoms with van der Waals surface area (Å²) in [5.74, 6) is 2.67. The number of para-hydroxylation sites is 1. The molecule has 2 rings (SSSR count). The normalized spacial score (nSPS) is 9.83. The van der Waals surface area contributed by atoms with E-state index in [1.165, 1.54) is 0 Å². The Kier molecular flexibility index (Phi) is 6.47. The van der Waals surface area contributed by atoms with Gasteiger partial charge >= 0.3 is 0 Å². The molecule has 4 nitrogen and oxygen atoms in total. The maximum atomic E-state index is 12.4. The Morgan fingerprint density at radius 1 is 1.08 bits per heavy atom. The van der Waals surface area contributed by atoms with Crippen molar-refractivity contribution in [2.45, 2.75) is 5.75 Å². The molecule has 2 aromatic rings. The molecule has 0 saturated heterocycles. The zero-order chi connectivity index (χ0) is 17.4. The van der Waals surface area contributed by atoms with Gasteiger partial charge < -0.3 is 10.6 Å². The fourth-order valence-electron chi connectivity index (χ4n) is 2.13. The van der Waals surface area contributed by atoms with Crippen LogP contribution in [0.3, 0.4) is 0 Å². The van der Waals surface area contributed by atoms with E-state index < -0.39 is 0 Å². The van der Waals surface area contributed by atoms with Crippen molar-refractivity contribution in [3.8, 4) is 12.3 Å². The molecule has 0 atom stereocenters. The highest BCUT2D eigenvalue weighted by Crippen LogP contribution is 2.17. The van der Waals surface area contributed by atoms with Crippen molar-refractivity contribution in [3.05, 3.63) is 65.2 Å². The van der Waals surface area contributed by atoms with Crippen LogP contribution in [-0.4, -0.2) is 24.6 Å². The second kappa shape index (κ2) is 8.80. The molecular formula is C19H18N2O2S. The molecule has 2 N–H and O–H groups in total. The minimum absolute atomic E-state index is 0.137. The topological polar surface area (TPSA) is 58.2 Å². The van der Waals surface area contributed by atoms with Gasteiger partial charge in [-0.1, -0.05) is 30.2 Å². The summed E-state index contributed by atoms with van der Waals surface area (Å²) in [6.07, 6.45) is 7.18. The second-order valence-corrected chi connectivity index (χ2v) is 5.88. The number of rotatable bonds is 6. The van der Waals surface area contributed by atoms with Gasteiger partial charge in [0.2, 0.25) is 0 Å². The Bertz CT molecular complexity index is 764. The van der Waals surface area contributed by atoms with Gasteiger partial charge in [-0.3, -0.25) is 9.59 Å². The lowest BCUT2D eigenvalue weighted by molar-refractivity contribution is 0.0959. The molecule has 0 aliphatic rings. The van der Waals surface area contributed by atoms with Gasteiger partial charge in [-0.15, -0.1) is 6.42 Å². The standard InChI is InChI=1S/C19H18N2O2S/c1-3-12-20-19(23)16-6-4-5-7-17(16)21-18(22)15-10-8-14(9-11-15)13-24-2/h1,4-11H,12-13H2,2H3,(H,20,23)(H,21,22). The first-order valence-electron chi connectivity index (χ1n) is 7.35. The average molecular weight is 338 g/mol. The summed E-state index contributed by atoms with van der Waals surface area (Å²) in [7, 11) is 0. The summed E-state index contributed by atoms with van der Waals surface area (Å²) in [6, 6.07) is 14.2. The number of carbonyl (C=O) groups is 2. The molecule has 0 aromatic heterocycles. The minimum atomic E-state index is -0.320. The predicted molar refractivity (Wildman–Crippen MR) is 99.2 cm³/mol. The third-order valence-electron chi connectivity index (χ3n) is 3.30. The largest absolute Gasteiger partial charge is 0.341 e. The van der Waals surface area contributed by atoms with Gasteiger partial charge in [0.15, 0.2) is 0 Å². The first-order chi connectivity index (χ1) is 11.7. The Morgan fingerprint density at radius 2 is 1.79 bits per heavy atom. The van der Waals surface area contributed by atoms with Gasteiger partial charge in [0, 0.05) is 11.3 Å². The van der Waals surface area contributed by atoms with Gasteiger partial charge in [0.1, 0.15) is 0 Å². The maximum absolute atomic E-state index is 12.4. The molecule has 5 heteroatoms. The average Bonchev–Trinajstić information content (AvgIpc) is 2.61. The number of carbonyl (C=O) groups excluding carboxylic acids is 2. The number of anilines is 1. The zero-order valence-corrected chi connectivity index (χ0v) is 14.2. The van der Waals surface area contributed by atoms with Crippen molar-refractivity contribution in [3.63, 3.8) is 0 Å². The molecule has 0 unspecified atom stereocenters. The summed E-state index contributed by atoms with van der Waals surface area (Å²) in [5.41, 5.74) is 2.53. The maximum Gasteiger partial charge on any atom is 0.255 e. The van der Waals surface area contributed by atoms with Crippen molar-refractivity contribution in [2.75, 3.05) is 18.1 Å². The lowest BCUT2D eigenvalue weighted by Crippen LogP contribution is -2.25. The van der Waals surface area contributed by atoms with E-state index in [4.69, 9.17) is 6.42 Å². The first-order valence-corrected chi connectivity index (χ1v) is 8.75. The molecule has 0 fully saturated rings. The molecule has 0 saturated carbocycles. The van der Waals surface area contributed by atoms with E-state index in [9.17, 15) is 9.59 Å². The van der Waals surface area contributed by atoms with Crippen molar-refractivity contribution in [1.82, 2.24) is 5.32 Å². The van der Waals surface area contributed by atoms with Crippen LogP contribution in [0, 0.1) is 12.3 Å². The van der Waals surface area contributed by atoms with E-state index in [2.05, 4.69) is 16.6 Å². The summed E-state index contributed by atoms with van der Waals surface area (Å²) in [4.78, 5) is 24.5. The molecule has 0 heterocycles. The van der Waals surface area contributed by atoms with Crippen LogP contribution in [0.1, 0.15) is 26.3 Å². The fraction of sp³-hybridized carbons (Fsp3) is 0.158. The van der Waals surface area contributed by atoms with Crippen molar-refractivity contribution < 1.29 is 9.59 Å². The van der Waals surface area contributed by atoms with Crippen molar-refractivity contribution in [2.24, 2.45) is 0 Å². The molecule has 0 bridgehead atoms. The van der Waals surface area contributed by atoms with Gasteiger partial charge in [0.05, 0.1) is 17.8 Å². The monoisotopic (exact) mass is 338 g/mol. The third-order valence-corrected chi connectivity index (χ3v) is 3.92. The smallest absolute Gasteiger partial charge is 0.255 e. The number of hydrogen-bond acceptors (Lipinski definition) is 3. The molecule has 122 valence electrons. The zero-order valence-electron chi connectivity index (χ0n) is 13.3. The molecule has 0 aliphatic heterocycles. The molecule has 0 spiro atoms. The van der Waals surface area contributed by atoms with Crippen LogP contribution >= 0.6 is 11.8 Å². The van der Waals surface area contributed by atoms with Crippen LogP contribution in [0.4, 0.5) is 5.69 Å². The highest BCUT2D eigenvalue weighted by Gasteiger charge is 2.13. The number of nitrogens with one attached hydrogen (secondary N) is 2. The van der Waals surface area contributed by atoms with E-state index >= 15 is 0 Å². The third kappa shape index (κ3) is 4.64. The van der Waals surface area contributed by atoms with E-state index in [-0.39, 0.29) is 18.4 Å². The minimum Gasteiger partial charge on any atom is -0.341 e. The number of thioether (sulfide) groups is 1. The number of amides is 2. The second-order valence-electron chi connectivity index (χ2n) is 5.02. The van der Waals surface area contributed by atoms with Crippen LogP contribution in [0.25, 0.3) is 0 Å². The fourth-order valence-corrected chi connectivity index (χ4v) is 2.66. The van der Waals surface area contributed by atoms with E-state index in [0.29, 0.717) is 16.8 Å². The van der Waals surface area contributed by atoms with Gasteiger partial charge in [-0.05, 0) is 36.1 Å². The van der Waals surface area contributed by atoms with Gasteiger partial charge in [-0.25, -0.2) is 0 Å². The summed E-state index contributed by atoms with van der Waals surface area (Å²) < 4.78 is 0. The van der Waals surface area contributed by atoms with Crippen LogP contribution in [0.15, 0.2) is 48.5 Å². The van der Waals surface area contributed by atoms with Crippen LogP contribution in [0.2, 0.25) is 0 Å². The molecule has 0 aliphatic carbocycles. The summed E-state index contributed by atoms with van der Waals surface area (Å²) in [5, 5.41) is 5.37. The lowest BCUT2D eigenvalue weighted by atomic mass is 10.1. The summed E-state index contributed by atoms with van der Waals surface area (Å²) >= 11 is 1.72. The van der Waals surface area contributed by atoms with Crippen molar-refractivity contribution in [1.29, 1.82) is 0 Å². The highest BCUT2D eigenvalue weighted by atomic mass is 32.2. The van der Waals surface area contributed by atoms with Crippen molar-refractivity contribution >= 4 is 29.3 Å². The Balaban J connectivity index is 2.14. The van der Waals surface area contributed by atoms with Crippen LogP contribution in [-0.2, 0) is 5.75 Å². The molecule has 2 aromatic carbocycles. The van der Waals surface area contributed by atoms with Crippen LogP contribution < -0.4 is 10.6 Å². The Labute approximate surface area is 146 Å². The molecule has 0 radical (unpaired) electrons. The van der Waals surface area contributed by atoms with E-state index in [1.807, 2.05) is 18.4 Å². The first kappa shape index (κ1) is 17.6. The Morgan fingerprint density at radius 3 is 2.46 bits per heavy atom. The predicted octanol–water partition coefficient (Wildman–Crippen LogP) is 3.16. The molecule has 24 heavy (non-hydrogen) atoms. The van der Waals surface area contributed by atoms with Gasteiger partial charge in [0.25, 0.3) is 11.8 Å². The van der Waals surface area contributed by atoms with E-state index in [1.54, 1.807) is 48.2 Å². The number of benzene rings is 2. The molecular weight excluding hydrogens is 320 g/mol. The highest BCUT2D eigenvalue weighted by molar-refractivity contribution is 7.97. The molecule has 2 amide bonds. The Hall–Kier alpha value is -2.71. The number of hydrogen-bond donors (Lipinski definition) is 2. The quantitative estimate of drug-likeness (QED) is 0.796. The van der Waals surface area contributed by atoms with Crippen LogP contribution in [0.5, 0.6) is 0 Å². The van der Waals surface area contributed by atoms with E-state index in [0.717, 1.165) is 11.3 Å².